The van der Waals surface area contributed by atoms with Crippen LogP contribution >= 0.6 is 18.2 Å². The van der Waals surface area contributed by atoms with Gasteiger partial charge >= 0.3 is 6.80 Å². The molecule has 0 amide bonds. The van der Waals surface area contributed by atoms with Crippen molar-refractivity contribution in [2.24, 2.45) is 11.8 Å². The molecular weight excluding hydrogens is 403 g/mol. The van der Waals surface area contributed by atoms with E-state index in [2.05, 4.69) is 0 Å². The fraction of sp³-hybridized carbons (Fsp3) is 1.00. The molecule has 166 valence electrons. The smallest absolute Gasteiger partial charge is 0.386 e. The highest BCUT2D eigenvalue weighted by atomic mass is 32.7. The first-order valence-electron chi connectivity index (χ1n) is 10.2. The summed E-state index contributed by atoms with van der Waals surface area (Å²) >= 11 is 0.935. The minimum atomic E-state index is -3.90. The van der Waals surface area contributed by atoms with Crippen molar-refractivity contribution >= 4 is 18.2 Å². The van der Waals surface area contributed by atoms with Crippen LogP contribution in [-0.4, -0.2) is 65.1 Å². The van der Waals surface area contributed by atoms with Crippen LogP contribution in [0.3, 0.4) is 0 Å². The zero-order valence-corrected chi connectivity index (χ0v) is 19.5. The zero-order chi connectivity index (χ0) is 21.1. The summed E-state index contributed by atoms with van der Waals surface area (Å²) in [5.74, 6) is -0.234. The van der Waals surface area contributed by atoms with Gasteiger partial charge in [-0.15, -0.1) is 0 Å². The molecule has 1 aliphatic heterocycles. The average molecular weight is 441 g/mol. The number of aliphatic hydroxyl groups excluding tert-OH is 1. The van der Waals surface area contributed by atoms with Crippen LogP contribution in [0.1, 0.15) is 54.4 Å². The first-order chi connectivity index (χ1) is 13.0. The second-order valence-electron chi connectivity index (χ2n) is 8.60. The number of aliphatic hydroxyl groups is 1. The van der Waals surface area contributed by atoms with Gasteiger partial charge in [0, 0.05) is 11.2 Å². The Kier molecular flexibility index (Phi) is 9.30. The van der Waals surface area contributed by atoms with Crippen LogP contribution in [-0.2, 0) is 23.3 Å². The van der Waals surface area contributed by atoms with Crippen LogP contribution in [0.2, 0.25) is 0 Å². The van der Waals surface area contributed by atoms with Gasteiger partial charge in [0.05, 0.1) is 49.8 Å². The van der Waals surface area contributed by atoms with Gasteiger partial charge in [-0.1, -0.05) is 6.92 Å². The molecule has 7 nitrogen and oxygen atoms in total. The maximum Gasteiger partial charge on any atom is 0.386 e. The first kappa shape index (κ1) is 24.6. The van der Waals surface area contributed by atoms with E-state index in [0.717, 1.165) is 17.8 Å². The second-order valence-corrected chi connectivity index (χ2v) is 12.6. The van der Waals surface area contributed by atoms with Crippen molar-refractivity contribution in [1.29, 1.82) is 0 Å². The standard InChI is InChI=1S/C19H37O7PS/c1-11(2)23-10-17-18(8-14(6)26-17)28-27(21,22)24-9-15-16(25-12(3)4)7-13(5)19(15)20/h11-20H,7-10H2,1-6H3,(H,21,22)/t13-,14-,15+,16?,17+,18+,19?/m0/s1. The van der Waals surface area contributed by atoms with E-state index in [1.165, 1.54) is 0 Å². The molecule has 1 heterocycles. The van der Waals surface area contributed by atoms with E-state index in [-0.39, 0.29) is 54.2 Å². The predicted molar refractivity (Wildman–Crippen MR) is 110 cm³/mol. The van der Waals surface area contributed by atoms with Gasteiger partial charge in [-0.3, -0.25) is 0 Å². The summed E-state index contributed by atoms with van der Waals surface area (Å²) in [4.78, 5) is 10.4. The Bertz CT molecular complexity index is 530. The molecule has 2 N–H and O–H groups in total. The quantitative estimate of drug-likeness (QED) is 0.498. The molecule has 0 aromatic heterocycles. The van der Waals surface area contributed by atoms with Gasteiger partial charge < -0.3 is 28.7 Å². The molecular formula is C19H37O7PS. The lowest BCUT2D eigenvalue weighted by atomic mass is 10.0. The van der Waals surface area contributed by atoms with Crippen molar-refractivity contribution in [3.8, 4) is 0 Å². The number of hydrogen-bond donors (Lipinski definition) is 2. The van der Waals surface area contributed by atoms with E-state index >= 15 is 0 Å². The maximum atomic E-state index is 12.7. The largest absolute Gasteiger partial charge is 0.392 e. The highest BCUT2D eigenvalue weighted by Gasteiger charge is 2.44. The van der Waals surface area contributed by atoms with Gasteiger partial charge in [0.2, 0.25) is 0 Å². The Morgan fingerprint density at radius 3 is 2.43 bits per heavy atom. The van der Waals surface area contributed by atoms with E-state index in [0.29, 0.717) is 13.0 Å². The highest BCUT2D eigenvalue weighted by molar-refractivity contribution is 8.55. The summed E-state index contributed by atoms with van der Waals surface area (Å²) in [7, 11) is 0. The van der Waals surface area contributed by atoms with E-state index in [1.54, 1.807) is 0 Å². The summed E-state index contributed by atoms with van der Waals surface area (Å²) in [6.07, 6.45) is 0.504. The summed E-state index contributed by atoms with van der Waals surface area (Å²) in [5.41, 5.74) is 0. The van der Waals surface area contributed by atoms with Crippen LogP contribution in [0, 0.1) is 11.8 Å². The molecule has 3 unspecified atom stereocenters. The topological polar surface area (TPSA) is 94.5 Å². The first-order valence-corrected chi connectivity index (χ1v) is 13.3. The molecule has 9 heteroatoms. The SMILES string of the molecule is CC(C)OC[C@H]1O[C@@H](C)C[C@H]1SP(=O)(O)OC[C@@H]1C(OC(C)C)C[C@H](C)C1O. The molecule has 0 radical (unpaired) electrons. The van der Waals surface area contributed by atoms with Crippen molar-refractivity contribution in [2.45, 2.75) is 96.3 Å². The predicted octanol–water partition coefficient (Wildman–Crippen LogP) is 3.62. The van der Waals surface area contributed by atoms with E-state index in [9.17, 15) is 14.6 Å². The van der Waals surface area contributed by atoms with Gasteiger partial charge in [-0.05, 0) is 64.8 Å². The van der Waals surface area contributed by atoms with Crippen molar-refractivity contribution in [2.75, 3.05) is 13.2 Å². The monoisotopic (exact) mass is 440 g/mol. The van der Waals surface area contributed by atoms with Crippen molar-refractivity contribution in [1.82, 2.24) is 0 Å². The Hall–Kier alpha value is 0.340. The molecule has 2 fully saturated rings. The fourth-order valence-electron chi connectivity index (χ4n) is 3.88. The molecule has 1 saturated carbocycles. The summed E-state index contributed by atoms with van der Waals surface area (Å²) in [6, 6.07) is 0. The normalized spacial score (nSPS) is 38.4. The Balaban J connectivity index is 1.92. The fourth-order valence-corrected chi connectivity index (χ4v) is 7.34. The van der Waals surface area contributed by atoms with Crippen LogP contribution < -0.4 is 0 Å². The average Bonchev–Trinajstić information content (AvgIpc) is 3.02. The molecule has 28 heavy (non-hydrogen) atoms. The Morgan fingerprint density at radius 1 is 1.14 bits per heavy atom. The van der Waals surface area contributed by atoms with Gasteiger partial charge in [0.15, 0.2) is 0 Å². The highest BCUT2D eigenvalue weighted by Crippen LogP contribution is 2.60. The van der Waals surface area contributed by atoms with Crippen LogP contribution in [0.15, 0.2) is 0 Å². The number of hydrogen-bond acceptors (Lipinski definition) is 7. The van der Waals surface area contributed by atoms with Crippen molar-refractivity contribution < 1.29 is 33.3 Å². The van der Waals surface area contributed by atoms with E-state index in [1.807, 2.05) is 41.5 Å². The van der Waals surface area contributed by atoms with Gasteiger partial charge in [0.25, 0.3) is 0 Å². The van der Waals surface area contributed by atoms with Gasteiger partial charge in [0.1, 0.15) is 0 Å². The third kappa shape index (κ3) is 7.24. The molecule has 1 aliphatic carbocycles. The molecule has 0 aromatic rings. The van der Waals surface area contributed by atoms with Crippen LogP contribution in [0.4, 0.5) is 0 Å². The Labute approximate surface area is 173 Å². The van der Waals surface area contributed by atoms with Gasteiger partial charge in [-0.25, -0.2) is 4.57 Å². The number of rotatable bonds is 10. The lowest BCUT2D eigenvalue weighted by Gasteiger charge is -2.26. The number of ether oxygens (including phenoxy) is 3. The lowest BCUT2D eigenvalue weighted by molar-refractivity contribution is -0.0435. The third-order valence-corrected chi connectivity index (χ3v) is 8.67. The Morgan fingerprint density at radius 2 is 1.82 bits per heavy atom. The minimum Gasteiger partial charge on any atom is -0.392 e. The maximum absolute atomic E-state index is 12.7. The molecule has 1 saturated heterocycles. The molecule has 2 rings (SSSR count). The molecule has 2 aliphatic rings. The third-order valence-electron chi connectivity index (χ3n) is 5.23. The van der Waals surface area contributed by atoms with Crippen LogP contribution in [0.25, 0.3) is 0 Å². The molecule has 0 spiro atoms. The van der Waals surface area contributed by atoms with Crippen molar-refractivity contribution in [3.05, 3.63) is 0 Å². The van der Waals surface area contributed by atoms with Gasteiger partial charge in [-0.2, -0.15) is 0 Å². The van der Waals surface area contributed by atoms with E-state index in [4.69, 9.17) is 18.7 Å². The second kappa shape index (κ2) is 10.6. The molecule has 8 atom stereocenters. The van der Waals surface area contributed by atoms with Crippen LogP contribution in [0.5, 0.6) is 0 Å². The molecule has 0 aromatic carbocycles. The zero-order valence-electron chi connectivity index (χ0n) is 17.8. The lowest BCUT2D eigenvalue weighted by Crippen LogP contribution is -2.32. The molecule has 0 bridgehead atoms. The minimum absolute atomic E-state index is 0.0000371. The summed E-state index contributed by atoms with van der Waals surface area (Å²) < 4.78 is 35.5. The van der Waals surface area contributed by atoms with E-state index < -0.39 is 12.9 Å². The summed E-state index contributed by atoms with van der Waals surface area (Å²) in [6.45, 7) is 8.20. The van der Waals surface area contributed by atoms with Crippen molar-refractivity contribution in [3.63, 3.8) is 0 Å². The summed E-state index contributed by atoms with van der Waals surface area (Å²) in [5, 5.41) is 10.3.